The molecule has 0 fully saturated rings. The molecule has 0 unspecified atom stereocenters. The molecule has 0 amide bonds. The molecule has 0 aromatic heterocycles. The van der Waals surface area contributed by atoms with E-state index >= 15 is 0 Å². The van der Waals surface area contributed by atoms with Crippen LogP contribution in [0.3, 0.4) is 0 Å². The van der Waals surface area contributed by atoms with Crippen LogP contribution < -0.4 is 0 Å². The van der Waals surface area contributed by atoms with Crippen molar-refractivity contribution >= 4 is 27.9 Å². The second-order valence-electron chi connectivity index (χ2n) is 2.48. The Bertz CT molecular complexity index is 376. The number of carbonyl (C=O) groups is 1. The van der Waals surface area contributed by atoms with Crippen LogP contribution in [0.2, 0.25) is 0 Å². The number of rotatable bonds is 2. The zero-order valence-electron chi connectivity index (χ0n) is 6.82. The third-order valence-electron chi connectivity index (χ3n) is 1.57. The van der Waals surface area contributed by atoms with Gasteiger partial charge in [0.2, 0.25) is 0 Å². The van der Waals surface area contributed by atoms with Crippen LogP contribution in [0.1, 0.15) is 10.4 Å². The molecular weight excluding hydrogens is 238 g/mol. The van der Waals surface area contributed by atoms with Crippen LogP contribution in [0.4, 0.5) is 5.69 Å². The molecule has 4 nitrogen and oxygen atoms in total. The van der Waals surface area contributed by atoms with Gasteiger partial charge in [-0.3, -0.25) is 4.79 Å². The van der Waals surface area contributed by atoms with Gasteiger partial charge >= 0.3 is 0 Å². The molecule has 0 spiro atoms. The van der Waals surface area contributed by atoms with Crippen LogP contribution in [-0.2, 0) is 0 Å². The van der Waals surface area contributed by atoms with Crippen LogP contribution in [0.15, 0.2) is 16.6 Å². The van der Waals surface area contributed by atoms with Gasteiger partial charge in [-0.15, -0.1) is 0 Å². The Labute approximate surface area is 82.9 Å². The number of aromatic hydroxyl groups is 1. The Hall–Kier alpha value is -1.23. The van der Waals surface area contributed by atoms with Crippen LogP contribution >= 0.6 is 15.9 Å². The Balaban J connectivity index is 3.38. The first-order valence-corrected chi connectivity index (χ1v) is 4.24. The van der Waals surface area contributed by atoms with E-state index in [2.05, 4.69) is 15.9 Å². The molecule has 0 saturated heterocycles. The van der Waals surface area contributed by atoms with Gasteiger partial charge in [-0.05, 0) is 15.9 Å². The first-order valence-electron chi connectivity index (χ1n) is 3.45. The Morgan fingerprint density at radius 1 is 1.54 bits per heavy atom. The molecule has 5 heteroatoms. The summed E-state index contributed by atoms with van der Waals surface area (Å²) in [5, 5.41) is 9.31. The molecule has 0 aliphatic heterocycles. The number of hydrogen-bond acceptors (Lipinski definition) is 3. The molecule has 68 valence electrons. The van der Waals surface area contributed by atoms with Crippen molar-refractivity contribution in [2.75, 3.05) is 7.05 Å². The fourth-order valence-corrected chi connectivity index (χ4v) is 1.34. The maximum atomic E-state index is 10.9. The van der Waals surface area contributed by atoms with Gasteiger partial charge in [0.05, 0.1) is 10.0 Å². The van der Waals surface area contributed by atoms with Gasteiger partial charge in [-0.2, -0.15) is 0 Å². The Kier molecular flexibility index (Phi) is 2.77. The minimum atomic E-state index is -0.152. The zero-order chi connectivity index (χ0) is 10.0. The molecule has 0 bridgehead atoms. The first kappa shape index (κ1) is 9.85. The summed E-state index contributed by atoms with van der Waals surface area (Å²) in [5.41, 5.74) is 0.402. The Morgan fingerprint density at radius 3 is 2.62 bits per heavy atom. The molecule has 0 radical (unpaired) electrons. The number of phenols is 1. The molecule has 0 heterocycles. The highest BCUT2D eigenvalue weighted by molar-refractivity contribution is 9.10. The van der Waals surface area contributed by atoms with Gasteiger partial charge in [0.25, 0.3) is 5.69 Å². The molecular formula is C8H7BrNO3+. The SMILES string of the molecule is C[N+](=O)c1cc(Br)c(O)c(C=O)c1. The van der Waals surface area contributed by atoms with Crippen molar-refractivity contribution in [2.45, 2.75) is 0 Å². The van der Waals surface area contributed by atoms with Crippen LogP contribution in [-0.4, -0.2) is 23.2 Å². The van der Waals surface area contributed by atoms with E-state index in [0.29, 0.717) is 21.2 Å². The number of benzene rings is 1. The summed E-state index contributed by atoms with van der Waals surface area (Å²) in [6, 6.07) is 2.76. The van der Waals surface area contributed by atoms with Crippen molar-refractivity contribution in [3.8, 4) is 5.75 Å². The van der Waals surface area contributed by atoms with E-state index in [1.54, 1.807) is 0 Å². The number of nitrogens with zero attached hydrogens (tertiary/aromatic N) is 1. The van der Waals surface area contributed by atoms with E-state index in [1.807, 2.05) is 0 Å². The fraction of sp³-hybridized carbons (Fsp3) is 0.125. The van der Waals surface area contributed by atoms with Crippen LogP contribution in [0, 0.1) is 4.91 Å². The van der Waals surface area contributed by atoms with Gasteiger partial charge in [-0.25, -0.2) is 0 Å². The lowest BCUT2D eigenvalue weighted by molar-refractivity contribution is -0.428. The summed E-state index contributed by atoms with van der Waals surface area (Å²) in [6.07, 6.45) is 0.493. The average molecular weight is 245 g/mol. The van der Waals surface area contributed by atoms with E-state index < -0.39 is 0 Å². The maximum absolute atomic E-state index is 10.9. The first-order chi connectivity index (χ1) is 6.06. The van der Waals surface area contributed by atoms with Crippen LogP contribution in [0.5, 0.6) is 5.75 Å². The number of phenolic OH excluding ortho intramolecular Hbond substituents is 1. The summed E-state index contributed by atoms with van der Waals surface area (Å²) in [7, 11) is 1.31. The number of nitroso groups, excluding NO2 is 1. The van der Waals surface area contributed by atoms with Crippen LogP contribution in [0.25, 0.3) is 0 Å². The van der Waals surface area contributed by atoms with Gasteiger partial charge in [0, 0.05) is 21.8 Å². The van der Waals surface area contributed by atoms with E-state index in [9.17, 15) is 14.8 Å². The standard InChI is InChI=1S/C8H6BrNO3/c1-10(13)6-2-5(4-11)8(12)7(9)3-6/h2-4H,1H3/p+1. The lowest BCUT2D eigenvalue weighted by Gasteiger charge is -1.98. The molecule has 13 heavy (non-hydrogen) atoms. The minimum absolute atomic E-state index is 0.0899. The highest BCUT2D eigenvalue weighted by atomic mass is 79.9. The summed E-state index contributed by atoms with van der Waals surface area (Å²) in [6.45, 7) is 0. The fourth-order valence-electron chi connectivity index (χ4n) is 0.877. The summed E-state index contributed by atoms with van der Waals surface area (Å²) in [5.74, 6) is -0.152. The normalized spacial score (nSPS) is 9.69. The van der Waals surface area contributed by atoms with Crippen molar-refractivity contribution in [1.29, 1.82) is 0 Å². The zero-order valence-corrected chi connectivity index (χ0v) is 8.41. The number of carbonyl (C=O) groups excluding carboxylic acids is 1. The van der Waals surface area contributed by atoms with Crippen molar-refractivity contribution in [2.24, 2.45) is 0 Å². The lowest BCUT2D eigenvalue weighted by atomic mass is 10.2. The molecule has 0 aliphatic rings. The molecule has 1 aromatic rings. The third kappa shape index (κ3) is 1.92. The molecule has 0 atom stereocenters. The largest absolute Gasteiger partial charge is 0.506 e. The molecule has 0 aliphatic carbocycles. The summed E-state index contributed by atoms with van der Waals surface area (Å²) < 4.78 is 0.937. The second kappa shape index (κ2) is 3.66. The van der Waals surface area contributed by atoms with E-state index in [0.717, 1.165) is 0 Å². The predicted molar refractivity (Wildman–Crippen MR) is 50.4 cm³/mol. The average Bonchev–Trinajstić information content (AvgIpc) is 2.09. The summed E-state index contributed by atoms with van der Waals surface area (Å²) >= 11 is 3.03. The van der Waals surface area contributed by atoms with Gasteiger partial charge in [-0.1, -0.05) is 0 Å². The monoisotopic (exact) mass is 244 g/mol. The van der Waals surface area contributed by atoms with Gasteiger partial charge < -0.3 is 5.11 Å². The summed E-state index contributed by atoms with van der Waals surface area (Å²) in [4.78, 5) is 21.3. The molecule has 1 aromatic carbocycles. The molecule has 1 rings (SSSR count). The maximum Gasteiger partial charge on any atom is 0.257 e. The molecule has 0 saturated carbocycles. The predicted octanol–water partition coefficient (Wildman–Crippen LogP) is 2.01. The van der Waals surface area contributed by atoms with Crippen molar-refractivity contribution in [3.63, 3.8) is 0 Å². The third-order valence-corrected chi connectivity index (χ3v) is 2.17. The second-order valence-corrected chi connectivity index (χ2v) is 3.34. The highest BCUT2D eigenvalue weighted by Gasteiger charge is 2.14. The van der Waals surface area contributed by atoms with E-state index in [4.69, 9.17) is 0 Å². The number of hydrogen-bond donors (Lipinski definition) is 1. The van der Waals surface area contributed by atoms with Crippen molar-refractivity contribution < 1.29 is 14.7 Å². The lowest BCUT2D eigenvalue weighted by Crippen LogP contribution is -1.93. The van der Waals surface area contributed by atoms with Gasteiger partial charge in [0.1, 0.15) is 5.75 Å². The Morgan fingerprint density at radius 2 is 2.15 bits per heavy atom. The number of aldehydes is 1. The number of halogens is 1. The topological polar surface area (TPSA) is 57.4 Å². The quantitative estimate of drug-likeness (QED) is 0.640. The van der Waals surface area contributed by atoms with Crippen molar-refractivity contribution in [3.05, 3.63) is 27.1 Å². The smallest absolute Gasteiger partial charge is 0.257 e. The van der Waals surface area contributed by atoms with E-state index in [-0.39, 0.29) is 11.3 Å². The highest BCUT2D eigenvalue weighted by Crippen LogP contribution is 2.31. The van der Waals surface area contributed by atoms with Crippen molar-refractivity contribution in [1.82, 2.24) is 0 Å². The van der Waals surface area contributed by atoms with Gasteiger partial charge in [0.15, 0.2) is 13.3 Å². The minimum Gasteiger partial charge on any atom is -0.506 e. The van der Waals surface area contributed by atoms with E-state index in [1.165, 1.54) is 19.2 Å². The molecule has 1 N–H and O–H groups in total.